The third kappa shape index (κ3) is 3.67. The van der Waals surface area contributed by atoms with Crippen LogP contribution >= 0.6 is 11.6 Å². The molecule has 6 heteroatoms. The van der Waals surface area contributed by atoms with Crippen molar-refractivity contribution < 1.29 is 13.9 Å². The van der Waals surface area contributed by atoms with Gasteiger partial charge in [-0.1, -0.05) is 11.6 Å². The van der Waals surface area contributed by atoms with Crippen LogP contribution in [0.25, 0.3) is 28.2 Å². The maximum Gasteiger partial charge on any atom is 0.330 e. The van der Waals surface area contributed by atoms with E-state index in [1.165, 1.54) is 29.5 Å². The third-order valence-corrected chi connectivity index (χ3v) is 5.61. The molecule has 0 atom stereocenters. The van der Waals surface area contributed by atoms with Crippen molar-refractivity contribution in [2.75, 3.05) is 6.61 Å². The number of aryl methyl sites for hydroxylation is 2. The number of pyridine rings is 1. The highest BCUT2D eigenvalue weighted by Crippen LogP contribution is 2.38. The van der Waals surface area contributed by atoms with Gasteiger partial charge in [-0.2, -0.15) is 0 Å². The maximum absolute atomic E-state index is 14.0. The van der Waals surface area contributed by atoms with Gasteiger partial charge in [0, 0.05) is 29.8 Å². The van der Waals surface area contributed by atoms with Crippen LogP contribution in [-0.2, 0) is 29.4 Å². The van der Waals surface area contributed by atoms with Gasteiger partial charge in [-0.15, -0.1) is 0 Å². The van der Waals surface area contributed by atoms with E-state index in [1.54, 1.807) is 19.1 Å². The van der Waals surface area contributed by atoms with E-state index < -0.39 is 5.97 Å². The standard InChI is InChI=1S/C23H22ClFN2O2/c1-3-29-21(28)11-8-14-12-15(25)9-10-16(14)22-23-18(13-20(24)26-22)17-6-4-5-7-19(17)27(23)2/h8-13H,3-7H2,1-2H3/b11-8+. The van der Waals surface area contributed by atoms with E-state index in [2.05, 4.69) is 9.55 Å². The molecule has 1 aliphatic rings. The molecule has 0 bridgehead atoms. The van der Waals surface area contributed by atoms with Gasteiger partial charge in [0.1, 0.15) is 11.0 Å². The summed E-state index contributed by atoms with van der Waals surface area (Å²) in [6, 6.07) is 6.39. The van der Waals surface area contributed by atoms with Gasteiger partial charge in [0.25, 0.3) is 0 Å². The number of rotatable bonds is 4. The van der Waals surface area contributed by atoms with Gasteiger partial charge >= 0.3 is 5.97 Å². The SMILES string of the molecule is CCOC(=O)/C=C/c1cc(F)ccc1-c1nc(Cl)cc2c3c(n(C)c12)CCCC3. The molecular formula is C23H22ClFN2O2. The summed E-state index contributed by atoms with van der Waals surface area (Å²) in [4.78, 5) is 16.4. The first-order valence-corrected chi connectivity index (χ1v) is 10.2. The van der Waals surface area contributed by atoms with Crippen molar-refractivity contribution in [3.63, 3.8) is 0 Å². The van der Waals surface area contributed by atoms with Crippen molar-refractivity contribution in [3.8, 4) is 11.3 Å². The number of hydrogen-bond acceptors (Lipinski definition) is 3. The lowest BCUT2D eigenvalue weighted by Crippen LogP contribution is -2.05. The van der Waals surface area contributed by atoms with Crippen molar-refractivity contribution in [2.45, 2.75) is 32.6 Å². The minimum Gasteiger partial charge on any atom is -0.463 e. The van der Waals surface area contributed by atoms with Crippen LogP contribution in [0.5, 0.6) is 0 Å². The van der Waals surface area contributed by atoms with Crippen LogP contribution in [0.15, 0.2) is 30.3 Å². The number of aromatic nitrogens is 2. The molecule has 2 heterocycles. The van der Waals surface area contributed by atoms with Crippen LogP contribution in [0.2, 0.25) is 5.15 Å². The highest BCUT2D eigenvalue weighted by Gasteiger charge is 2.23. The summed E-state index contributed by atoms with van der Waals surface area (Å²) in [5, 5.41) is 1.50. The van der Waals surface area contributed by atoms with Crippen LogP contribution in [0.1, 0.15) is 36.6 Å². The van der Waals surface area contributed by atoms with Gasteiger partial charge in [-0.3, -0.25) is 0 Å². The molecule has 2 aromatic heterocycles. The molecule has 1 aromatic carbocycles. The van der Waals surface area contributed by atoms with Crippen molar-refractivity contribution in [1.29, 1.82) is 0 Å². The van der Waals surface area contributed by atoms with Crippen molar-refractivity contribution in [3.05, 3.63) is 58.1 Å². The zero-order valence-corrected chi connectivity index (χ0v) is 17.2. The Labute approximate surface area is 174 Å². The minimum absolute atomic E-state index is 0.282. The molecule has 150 valence electrons. The lowest BCUT2D eigenvalue weighted by atomic mass is 9.95. The fourth-order valence-electron chi connectivity index (χ4n) is 4.18. The van der Waals surface area contributed by atoms with Crippen molar-refractivity contribution >= 4 is 34.5 Å². The summed E-state index contributed by atoms with van der Waals surface area (Å²) in [7, 11) is 2.04. The Kier molecular flexibility index (Phi) is 5.41. The predicted octanol–water partition coefficient (Wildman–Crippen LogP) is 5.49. The predicted molar refractivity (Wildman–Crippen MR) is 113 cm³/mol. The number of ether oxygens (including phenoxy) is 1. The van der Waals surface area contributed by atoms with E-state index in [0.717, 1.165) is 42.1 Å². The second-order valence-corrected chi connectivity index (χ2v) is 7.59. The minimum atomic E-state index is -0.471. The Morgan fingerprint density at radius 1 is 1.31 bits per heavy atom. The molecule has 3 aromatic rings. The molecule has 0 radical (unpaired) electrons. The fraction of sp³-hybridized carbons (Fsp3) is 0.304. The van der Waals surface area contributed by atoms with Gasteiger partial charge in [-0.25, -0.2) is 14.2 Å². The molecule has 0 saturated carbocycles. The largest absolute Gasteiger partial charge is 0.463 e. The molecule has 0 amide bonds. The number of halogens is 2. The summed E-state index contributed by atoms with van der Waals surface area (Å²) in [5.74, 6) is -0.858. The number of carbonyl (C=O) groups excluding carboxylic acids is 1. The first-order valence-electron chi connectivity index (χ1n) is 9.81. The Balaban J connectivity index is 1.94. The Hall–Kier alpha value is -2.66. The molecule has 4 rings (SSSR count). The lowest BCUT2D eigenvalue weighted by Gasteiger charge is -2.13. The quantitative estimate of drug-likeness (QED) is 0.323. The molecule has 0 aliphatic heterocycles. The molecule has 4 nitrogen and oxygen atoms in total. The number of nitrogens with zero attached hydrogens (tertiary/aromatic N) is 2. The number of fused-ring (bicyclic) bond motifs is 3. The number of esters is 1. The van der Waals surface area contributed by atoms with Gasteiger partial charge in [0.05, 0.1) is 17.8 Å². The molecular weight excluding hydrogens is 391 g/mol. The average Bonchev–Trinajstić information content (AvgIpc) is 2.99. The number of hydrogen-bond donors (Lipinski definition) is 0. The average molecular weight is 413 g/mol. The molecule has 0 saturated heterocycles. The molecule has 0 fully saturated rings. The summed E-state index contributed by atoms with van der Waals surface area (Å²) in [5.41, 5.74) is 5.57. The van der Waals surface area contributed by atoms with Gasteiger partial charge in [-0.05, 0) is 74.1 Å². The van der Waals surface area contributed by atoms with Gasteiger partial charge in [0.15, 0.2) is 0 Å². The smallest absolute Gasteiger partial charge is 0.330 e. The van der Waals surface area contributed by atoms with Gasteiger partial charge < -0.3 is 9.30 Å². The van der Waals surface area contributed by atoms with Crippen molar-refractivity contribution in [2.24, 2.45) is 7.05 Å². The number of carbonyl (C=O) groups is 1. The van der Waals surface area contributed by atoms with Crippen molar-refractivity contribution in [1.82, 2.24) is 9.55 Å². The summed E-state index contributed by atoms with van der Waals surface area (Å²) < 4.78 is 21.1. The second kappa shape index (κ2) is 7.99. The normalized spacial score (nSPS) is 13.8. The second-order valence-electron chi connectivity index (χ2n) is 7.20. The van der Waals surface area contributed by atoms with E-state index in [0.29, 0.717) is 16.4 Å². The zero-order chi connectivity index (χ0) is 20.5. The molecule has 0 spiro atoms. The Bertz CT molecular complexity index is 1130. The van der Waals surface area contributed by atoms with E-state index in [9.17, 15) is 9.18 Å². The summed E-state index contributed by atoms with van der Waals surface area (Å²) >= 11 is 6.39. The lowest BCUT2D eigenvalue weighted by molar-refractivity contribution is -0.137. The van der Waals surface area contributed by atoms with Crippen LogP contribution in [-0.4, -0.2) is 22.1 Å². The highest BCUT2D eigenvalue weighted by atomic mass is 35.5. The molecule has 0 unspecified atom stereocenters. The maximum atomic E-state index is 14.0. The van der Waals surface area contributed by atoms with E-state index in [-0.39, 0.29) is 12.4 Å². The van der Waals surface area contributed by atoms with E-state index in [4.69, 9.17) is 16.3 Å². The van der Waals surface area contributed by atoms with Crippen LogP contribution < -0.4 is 0 Å². The molecule has 29 heavy (non-hydrogen) atoms. The van der Waals surface area contributed by atoms with E-state index >= 15 is 0 Å². The molecule has 0 N–H and O–H groups in total. The van der Waals surface area contributed by atoms with Crippen LogP contribution in [0.3, 0.4) is 0 Å². The number of benzene rings is 1. The topological polar surface area (TPSA) is 44.1 Å². The summed E-state index contributed by atoms with van der Waals surface area (Å²) in [6.07, 6.45) is 7.23. The first-order chi connectivity index (χ1) is 14.0. The van der Waals surface area contributed by atoms with Crippen LogP contribution in [0.4, 0.5) is 4.39 Å². The van der Waals surface area contributed by atoms with Gasteiger partial charge in [0.2, 0.25) is 0 Å². The summed E-state index contributed by atoms with van der Waals surface area (Å²) in [6.45, 7) is 2.02. The van der Waals surface area contributed by atoms with Crippen LogP contribution in [0, 0.1) is 5.82 Å². The fourth-order valence-corrected chi connectivity index (χ4v) is 4.38. The molecule has 1 aliphatic carbocycles. The monoisotopic (exact) mass is 412 g/mol. The first kappa shape index (κ1) is 19.6. The third-order valence-electron chi connectivity index (χ3n) is 5.42. The highest BCUT2D eigenvalue weighted by molar-refractivity contribution is 6.30. The Morgan fingerprint density at radius 3 is 2.90 bits per heavy atom. The van der Waals surface area contributed by atoms with E-state index in [1.807, 2.05) is 13.1 Å². The zero-order valence-electron chi connectivity index (χ0n) is 16.5. The Morgan fingerprint density at radius 2 is 2.10 bits per heavy atom.